The summed E-state index contributed by atoms with van der Waals surface area (Å²) in [5.74, 6) is -5.57. The van der Waals surface area contributed by atoms with Gasteiger partial charge in [0.25, 0.3) is 31.9 Å². The molecule has 428 valence electrons. The Kier molecular flexibility index (Phi) is 7.84. The molecule has 20 heteroatoms. The van der Waals surface area contributed by atoms with Crippen molar-refractivity contribution in [1.29, 1.82) is 0 Å². The zero-order chi connectivity index (χ0) is 93.7. The van der Waals surface area contributed by atoms with E-state index in [2.05, 4.69) is 5.32 Å². The van der Waals surface area contributed by atoms with Gasteiger partial charge in [0.15, 0.2) is 0 Å². The van der Waals surface area contributed by atoms with E-state index >= 15 is 0 Å². The van der Waals surface area contributed by atoms with Crippen molar-refractivity contribution in [2.45, 2.75) is 99.6 Å². The normalized spacial score (nSPS) is 25.3. The quantitative estimate of drug-likeness (QED) is 0.0708. The second kappa shape index (κ2) is 25.0. The van der Waals surface area contributed by atoms with Crippen molar-refractivity contribution in [1.82, 2.24) is 18.6 Å². The number of hydrogen-bond acceptors (Lipinski definition) is 12. The highest BCUT2D eigenvalue weighted by Gasteiger charge is 2.25. The molecule has 2 heterocycles. The van der Waals surface area contributed by atoms with Crippen LogP contribution in [0.2, 0.25) is 0 Å². The molecule has 0 unspecified atom stereocenters. The first-order valence-electron chi connectivity index (χ1n) is 43.8. The smallest absolute Gasteiger partial charge is 0.411 e. The summed E-state index contributed by atoms with van der Waals surface area (Å²) >= 11 is 0. The Labute approximate surface area is 534 Å². The molecule has 0 saturated heterocycles. The maximum Gasteiger partial charge on any atom is 0.411 e. The Morgan fingerprint density at radius 2 is 1.30 bits per heavy atom. The van der Waals surface area contributed by atoms with Gasteiger partial charge in [0.05, 0.1) is 49.9 Å². The third-order valence-electron chi connectivity index (χ3n) is 11.4. The zero-order valence-corrected chi connectivity index (χ0v) is 43.1. The minimum absolute atomic E-state index is 0.0166. The molecular formula is C62H66N6O12S2. The number of methoxy groups -OCH3 is 2. The Hall–Kier alpha value is -8.62. The van der Waals surface area contributed by atoms with E-state index in [1.807, 2.05) is 0 Å². The molecule has 2 aromatic heterocycles. The van der Waals surface area contributed by atoms with Crippen LogP contribution >= 0.6 is 0 Å². The molecule has 0 bridgehead atoms. The molecule has 4 amide bonds. The molecule has 0 radical (unpaired) electrons. The Morgan fingerprint density at radius 1 is 0.634 bits per heavy atom. The van der Waals surface area contributed by atoms with Crippen LogP contribution in [0.3, 0.4) is 0 Å². The largest absolute Gasteiger partial charge is 0.496 e. The van der Waals surface area contributed by atoms with Gasteiger partial charge < -0.3 is 28.1 Å². The standard InChI is InChI=1S/2C31H33N3O6S/c2*1-20-8-4-7-11-29(20)41(37,38)33-30(35)22-13-12-21(28(17-22)39-3)16-23-19-34(2)27-15-14-24(18-26(23)27)32-31(36)40-25-9-5-6-10-25/h2*4,7-8,11-15,17-19,25H,5-6,9-10,16H2,1-3H3,(H,32,36)(H,33,35)/i1D3,2D3,3D3,4D,7D,8D,9D2,10D2,11D,12D,13D,14D,15D,16D2,17D,18D,19D,25D;1D3,2D3,3D3,9D2,10D2,25D. The van der Waals surface area contributed by atoms with E-state index in [4.69, 9.17) is 72.4 Å². The lowest BCUT2D eigenvalue weighted by molar-refractivity contribution is 0.0972. The summed E-state index contributed by atoms with van der Waals surface area (Å²) < 4.78 is 411. The van der Waals surface area contributed by atoms with Gasteiger partial charge in [-0.2, -0.15) is 0 Å². The first-order valence-corrected chi connectivity index (χ1v) is 26.2. The number of hydrogen-bond donors (Lipinski definition) is 4. The van der Waals surface area contributed by atoms with Crippen LogP contribution in [0.5, 0.6) is 11.5 Å². The summed E-state index contributed by atoms with van der Waals surface area (Å²) in [5.41, 5.74) is -8.99. The number of amides is 4. The van der Waals surface area contributed by atoms with E-state index in [1.165, 1.54) is 47.3 Å². The molecule has 0 spiro atoms. The number of carbonyl (C=O) groups is 4. The van der Waals surface area contributed by atoms with Crippen LogP contribution in [0.15, 0.2) is 143 Å². The van der Waals surface area contributed by atoms with E-state index in [0.29, 0.717) is 0 Å². The fourth-order valence-electron chi connectivity index (χ4n) is 7.67. The number of aryl methyl sites for hydroxylation is 3. The summed E-state index contributed by atoms with van der Waals surface area (Å²) in [4.78, 5) is 50.7. The SMILES string of the molecule is [2H]C([2H])([2H])Oc1cc(C(=O)NS(=O)(=O)c2ccccc2C([2H])([2H])[2H])ccc1Cc1cn(C([2H])([2H])[2H])c2ccc(NC(=O)OC3([2H])C([2H])([2H])CCC3([2H])[2H])cc12.[2H]c1c([2H])c([2H])c(S(=O)(=O)NC(=O)c2c([2H])c([2H])c(C([2H])([2H])c3c([2H])n(C([2H])([2H])[2H])c4c([2H])c([2H])c(NC(=O)OC5([2H])C([2H])([2H])CCC5([2H])[2H])c([2H])c34)c(OC([2H])([2H])[2H])c2[2H])c(C([2H])([2H])[2H])c1[2H]. The van der Waals surface area contributed by atoms with Crippen LogP contribution in [0, 0.1) is 13.7 Å². The number of nitrogens with one attached hydrogen (secondary N) is 4. The number of benzene rings is 6. The van der Waals surface area contributed by atoms with Crippen LogP contribution in [-0.2, 0) is 56.3 Å². The number of ether oxygens (including phenoxy) is 4. The lowest BCUT2D eigenvalue weighted by atomic mass is 10.0. The van der Waals surface area contributed by atoms with Crippen molar-refractivity contribution < 1.29 is 111 Å². The molecule has 18 nitrogen and oxygen atoms in total. The number of rotatable bonds is 16. The second-order valence-corrected chi connectivity index (χ2v) is 20.1. The minimum Gasteiger partial charge on any atom is -0.496 e. The predicted octanol–water partition coefficient (Wildman–Crippen LogP) is 11.4. The van der Waals surface area contributed by atoms with Crippen molar-refractivity contribution in [3.8, 4) is 11.5 Å². The summed E-state index contributed by atoms with van der Waals surface area (Å²) in [6, 6.07) is -2.36. The number of anilines is 2. The summed E-state index contributed by atoms with van der Waals surface area (Å²) in [6.45, 7) is -12.8. The summed E-state index contributed by atoms with van der Waals surface area (Å²) in [5, 5.41) is 3.11. The molecule has 4 N–H and O–H groups in total. The van der Waals surface area contributed by atoms with Gasteiger partial charge >= 0.3 is 12.2 Å². The van der Waals surface area contributed by atoms with Crippen LogP contribution in [0.25, 0.3) is 21.8 Å². The molecule has 82 heavy (non-hydrogen) atoms. The van der Waals surface area contributed by atoms with Crippen LogP contribution in [-0.4, -0.2) is 76.2 Å². The van der Waals surface area contributed by atoms with Crippen LogP contribution in [0.1, 0.15) is 161 Å². The number of nitrogens with zero attached hydrogens (tertiary/aromatic N) is 2. The lowest BCUT2D eigenvalue weighted by Gasteiger charge is -2.13. The molecule has 10 rings (SSSR count). The Morgan fingerprint density at radius 3 is 2.01 bits per heavy atom. The highest BCUT2D eigenvalue weighted by molar-refractivity contribution is 7.90. The first-order chi connectivity index (χ1) is 55.5. The van der Waals surface area contributed by atoms with E-state index in [9.17, 15) is 38.8 Å². The highest BCUT2D eigenvalue weighted by Crippen LogP contribution is 2.33. The van der Waals surface area contributed by atoms with Crippen LogP contribution in [0.4, 0.5) is 21.0 Å². The number of carbonyl (C=O) groups excluding carboxylic acids is 4. The maximum atomic E-state index is 13.8. The summed E-state index contributed by atoms with van der Waals surface area (Å²) in [7, 11) is -17.5. The average molecular weight is 1190 g/mol. The van der Waals surface area contributed by atoms with Gasteiger partial charge in [0, 0.05) is 114 Å². The predicted molar refractivity (Wildman–Crippen MR) is 314 cm³/mol. The zero-order valence-electron chi connectivity index (χ0n) is 82.5. The van der Waals surface area contributed by atoms with Crippen LogP contribution < -0.4 is 29.6 Å². The lowest BCUT2D eigenvalue weighted by Crippen LogP contribution is -2.31. The molecule has 8 aromatic rings. The molecule has 6 aromatic carbocycles. The monoisotopic (exact) mass is 1190 g/mol. The molecule has 2 aliphatic rings. The number of sulfonamides is 2. The Balaban J connectivity index is 0.000000285. The number of fused-ring (bicyclic) bond motifs is 2. The van der Waals surface area contributed by atoms with Gasteiger partial charge in [-0.1, -0.05) is 48.4 Å². The van der Waals surface area contributed by atoms with Crippen molar-refractivity contribution in [2.75, 3.05) is 24.7 Å². The van der Waals surface area contributed by atoms with Crippen molar-refractivity contribution in [3.05, 3.63) is 178 Å². The van der Waals surface area contributed by atoms with Gasteiger partial charge in [-0.3, -0.25) is 20.2 Å². The fourth-order valence-corrected chi connectivity index (χ4v) is 9.71. The fraction of sp³-hybridized carbons (Fsp3) is 0.290. The van der Waals surface area contributed by atoms with Gasteiger partial charge in [-0.05, 0) is 171 Å². The molecule has 0 atom stereocenters. The van der Waals surface area contributed by atoms with Crippen molar-refractivity contribution in [2.24, 2.45) is 14.0 Å². The average Bonchev–Trinajstić information content (AvgIpc) is 1.56. The van der Waals surface area contributed by atoms with Gasteiger partial charge in [0.2, 0.25) is 0 Å². The molecule has 2 aliphatic carbocycles. The van der Waals surface area contributed by atoms with Gasteiger partial charge in [0.1, 0.15) is 23.7 Å². The van der Waals surface area contributed by atoms with Crippen molar-refractivity contribution >= 4 is 77.2 Å². The third kappa shape index (κ3) is 13.6. The van der Waals surface area contributed by atoms with E-state index in [0.717, 1.165) is 28.8 Å². The van der Waals surface area contributed by atoms with E-state index in [1.54, 1.807) is 10.0 Å². The van der Waals surface area contributed by atoms with E-state index in [-0.39, 0.29) is 51.5 Å². The van der Waals surface area contributed by atoms with Gasteiger partial charge in [-0.25, -0.2) is 35.9 Å². The summed E-state index contributed by atoms with van der Waals surface area (Å²) in [6.07, 6.45) is -26.5. The molecule has 0 aliphatic heterocycles. The van der Waals surface area contributed by atoms with Gasteiger partial charge in [-0.15, -0.1) is 0 Å². The van der Waals surface area contributed by atoms with E-state index < -0.39 is 281 Å². The molecule has 2 fully saturated rings. The second-order valence-electron chi connectivity index (χ2n) is 16.8. The third-order valence-corrected chi connectivity index (χ3v) is 14.0. The molecule has 2 saturated carbocycles. The first kappa shape index (κ1) is 25.7. The minimum atomic E-state index is -5.82. The number of aromatic nitrogens is 2. The molecular weight excluding hydrogens is 1080 g/mol. The highest BCUT2D eigenvalue weighted by atomic mass is 32.2. The topological polar surface area (TPSA) is 231 Å². The van der Waals surface area contributed by atoms with Crippen molar-refractivity contribution in [3.63, 3.8) is 0 Å². The maximum absolute atomic E-state index is 13.8. The Bertz CT molecular complexity index is 5880.